The minimum Gasteiger partial charge on any atom is -0.325 e. The molecule has 4 amide bonds. The fourth-order valence-corrected chi connectivity index (χ4v) is 2.11. The monoisotopic (exact) mass is 339 g/mol. The van der Waals surface area contributed by atoms with E-state index in [1.54, 1.807) is 38.1 Å². The molecule has 6 nitrogen and oxygen atoms in total. The number of halogens is 1. The topological polar surface area (TPSA) is 78.5 Å². The van der Waals surface area contributed by atoms with Crippen LogP contribution >= 0.6 is 15.9 Å². The first-order valence-corrected chi connectivity index (χ1v) is 6.78. The Balaban J connectivity index is 2.03. The van der Waals surface area contributed by atoms with Crippen LogP contribution in [0.4, 0.5) is 10.5 Å². The summed E-state index contributed by atoms with van der Waals surface area (Å²) in [4.78, 5) is 36.4. The van der Waals surface area contributed by atoms with Gasteiger partial charge in [0.2, 0.25) is 5.91 Å². The van der Waals surface area contributed by atoms with Gasteiger partial charge in [-0.15, -0.1) is 0 Å². The Kier molecular flexibility index (Phi) is 3.80. The summed E-state index contributed by atoms with van der Waals surface area (Å²) in [5.41, 5.74) is -0.393. The van der Waals surface area contributed by atoms with Gasteiger partial charge >= 0.3 is 6.03 Å². The molecular weight excluding hydrogens is 326 g/mol. The summed E-state index contributed by atoms with van der Waals surface area (Å²) in [6.45, 7) is 3.01. The standard InChI is InChI=1S/C13H14BrN3O3/c1-13(2)11(19)16-12(20)17(13)7-10(18)15-9-5-3-8(14)4-6-9/h3-6H,7H2,1-2H3,(H,15,18)(H,16,19,20). The second kappa shape index (κ2) is 5.24. The molecule has 20 heavy (non-hydrogen) atoms. The van der Waals surface area contributed by atoms with E-state index in [1.165, 1.54) is 4.90 Å². The van der Waals surface area contributed by atoms with E-state index in [4.69, 9.17) is 0 Å². The Labute approximate surface area is 124 Å². The summed E-state index contributed by atoms with van der Waals surface area (Å²) in [6.07, 6.45) is 0. The Bertz CT molecular complexity index is 569. The molecule has 106 valence electrons. The predicted octanol–water partition coefficient (Wildman–Crippen LogP) is 1.72. The van der Waals surface area contributed by atoms with Gasteiger partial charge in [-0.2, -0.15) is 0 Å². The maximum Gasteiger partial charge on any atom is 0.325 e. The van der Waals surface area contributed by atoms with Gasteiger partial charge in [0.15, 0.2) is 0 Å². The molecule has 1 fully saturated rings. The molecule has 0 aliphatic carbocycles. The zero-order valence-electron chi connectivity index (χ0n) is 11.1. The first kappa shape index (κ1) is 14.5. The molecule has 0 aromatic heterocycles. The Morgan fingerprint density at radius 1 is 1.30 bits per heavy atom. The minimum absolute atomic E-state index is 0.180. The van der Waals surface area contributed by atoms with Crippen molar-refractivity contribution in [3.05, 3.63) is 28.7 Å². The lowest BCUT2D eigenvalue weighted by molar-refractivity contribution is -0.126. The average Bonchev–Trinajstić information content (AvgIpc) is 2.55. The van der Waals surface area contributed by atoms with Crippen molar-refractivity contribution in [2.75, 3.05) is 11.9 Å². The Hall–Kier alpha value is -1.89. The van der Waals surface area contributed by atoms with E-state index in [0.717, 1.165) is 4.47 Å². The molecule has 2 rings (SSSR count). The van der Waals surface area contributed by atoms with Gasteiger partial charge in [0.1, 0.15) is 12.1 Å². The zero-order valence-corrected chi connectivity index (χ0v) is 12.7. The number of imide groups is 1. The highest BCUT2D eigenvalue weighted by molar-refractivity contribution is 9.10. The molecule has 0 bridgehead atoms. The normalized spacial score (nSPS) is 17.1. The van der Waals surface area contributed by atoms with Crippen molar-refractivity contribution in [1.82, 2.24) is 10.2 Å². The second-order valence-electron chi connectivity index (χ2n) is 4.96. The Morgan fingerprint density at radius 3 is 2.40 bits per heavy atom. The van der Waals surface area contributed by atoms with Crippen molar-refractivity contribution in [2.45, 2.75) is 19.4 Å². The molecule has 1 saturated heterocycles. The van der Waals surface area contributed by atoms with Crippen LogP contribution in [0.25, 0.3) is 0 Å². The van der Waals surface area contributed by atoms with E-state index in [-0.39, 0.29) is 12.5 Å². The molecule has 1 aromatic rings. The number of carbonyl (C=O) groups excluding carboxylic acids is 3. The van der Waals surface area contributed by atoms with Crippen molar-refractivity contribution in [3.8, 4) is 0 Å². The van der Waals surface area contributed by atoms with Crippen LogP contribution in [-0.4, -0.2) is 34.8 Å². The molecule has 0 atom stereocenters. The maximum absolute atomic E-state index is 11.9. The molecule has 2 N–H and O–H groups in total. The van der Waals surface area contributed by atoms with Crippen molar-refractivity contribution in [2.24, 2.45) is 0 Å². The number of nitrogens with one attached hydrogen (secondary N) is 2. The quantitative estimate of drug-likeness (QED) is 0.823. The first-order chi connectivity index (χ1) is 9.30. The van der Waals surface area contributed by atoms with E-state index < -0.39 is 17.5 Å². The van der Waals surface area contributed by atoms with E-state index in [9.17, 15) is 14.4 Å². The number of carbonyl (C=O) groups is 3. The SMILES string of the molecule is CC1(C)C(=O)NC(=O)N1CC(=O)Nc1ccc(Br)cc1. The maximum atomic E-state index is 11.9. The second-order valence-corrected chi connectivity index (χ2v) is 5.88. The third-order valence-electron chi connectivity index (χ3n) is 3.13. The van der Waals surface area contributed by atoms with Crippen LogP contribution in [0.1, 0.15) is 13.8 Å². The van der Waals surface area contributed by atoms with Crippen molar-refractivity contribution in [3.63, 3.8) is 0 Å². The fourth-order valence-electron chi connectivity index (χ4n) is 1.84. The number of anilines is 1. The van der Waals surface area contributed by atoms with Gasteiger partial charge < -0.3 is 10.2 Å². The van der Waals surface area contributed by atoms with Gasteiger partial charge in [0.05, 0.1) is 0 Å². The summed E-state index contributed by atoms with van der Waals surface area (Å²) in [7, 11) is 0. The van der Waals surface area contributed by atoms with Crippen LogP contribution in [0.5, 0.6) is 0 Å². The largest absolute Gasteiger partial charge is 0.325 e. The molecule has 7 heteroatoms. The van der Waals surface area contributed by atoms with Gasteiger partial charge in [0, 0.05) is 10.2 Å². The molecule has 1 aliphatic rings. The summed E-state index contributed by atoms with van der Waals surface area (Å²) < 4.78 is 0.904. The molecule has 1 aromatic carbocycles. The first-order valence-electron chi connectivity index (χ1n) is 5.99. The average molecular weight is 340 g/mol. The van der Waals surface area contributed by atoms with Gasteiger partial charge in [0.25, 0.3) is 5.91 Å². The van der Waals surface area contributed by atoms with Crippen LogP contribution < -0.4 is 10.6 Å². The minimum atomic E-state index is -1.02. The highest BCUT2D eigenvalue weighted by Crippen LogP contribution is 2.20. The van der Waals surface area contributed by atoms with E-state index in [0.29, 0.717) is 5.69 Å². The number of urea groups is 1. The van der Waals surface area contributed by atoms with Crippen molar-refractivity contribution < 1.29 is 14.4 Å². The summed E-state index contributed by atoms with van der Waals surface area (Å²) >= 11 is 3.30. The van der Waals surface area contributed by atoms with Crippen LogP contribution in [0.2, 0.25) is 0 Å². The zero-order chi connectivity index (χ0) is 14.9. The van der Waals surface area contributed by atoms with E-state index >= 15 is 0 Å². The predicted molar refractivity (Wildman–Crippen MR) is 77.1 cm³/mol. The van der Waals surface area contributed by atoms with Crippen LogP contribution in [0.15, 0.2) is 28.7 Å². The van der Waals surface area contributed by atoms with E-state index in [2.05, 4.69) is 26.6 Å². The molecule has 1 aliphatic heterocycles. The highest BCUT2D eigenvalue weighted by Gasteiger charge is 2.46. The van der Waals surface area contributed by atoms with Gasteiger partial charge in [-0.1, -0.05) is 15.9 Å². The molecule has 0 unspecified atom stereocenters. The van der Waals surface area contributed by atoms with Crippen LogP contribution in [0, 0.1) is 0 Å². The lowest BCUT2D eigenvalue weighted by Crippen LogP contribution is -2.47. The molecular formula is C13H14BrN3O3. The molecule has 0 radical (unpaired) electrons. The van der Waals surface area contributed by atoms with E-state index in [1.807, 2.05) is 0 Å². The molecule has 1 heterocycles. The van der Waals surface area contributed by atoms with Gasteiger partial charge in [-0.3, -0.25) is 14.9 Å². The fraction of sp³-hybridized carbons (Fsp3) is 0.308. The summed E-state index contributed by atoms with van der Waals surface area (Å²) in [6, 6.07) is 6.52. The highest BCUT2D eigenvalue weighted by atomic mass is 79.9. The third-order valence-corrected chi connectivity index (χ3v) is 3.65. The van der Waals surface area contributed by atoms with Gasteiger partial charge in [-0.25, -0.2) is 4.79 Å². The molecule has 0 saturated carbocycles. The third kappa shape index (κ3) is 2.82. The smallest absolute Gasteiger partial charge is 0.325 e. The lowest BCUT2D eigenvalue weighted by atomic mass is 10.0. The van der Waals surface area contributed by atoms with Crippen LogP contribution in [0.3, 0.4) is 0 Å². The van der Waals surface area contributed by atoms with Crippen molar-refractivity contribution in [1.29, 1.82) is 0 Å². The number of hydrogen-bond acceptors (Lipinski definition) is 3. The summed E-state index contributed by atoms with van der Waals surface area (Å²) in [5, 5.41) is 4.87. The number of benzene rings is 1. The van der Waals surface area contributed by atoms with Crippen LogP contribution in [-0.2, 0) is 9.59 Å². The Morgan fingerprint density at radius 2 is 1.90 bits per heavy atom. The number of nitrogens with zero attached hydrogens (tertiary/aromatic N) is 1. The molecule has 0 spiro atoms. The summed E-state index contributed by atoms with van der Waals surface area (Å²) in [5.74, 6) is -0.760. The number of amides is 4. The number of hydrogen-bond donors (Lipinski definition) is 2. The lowest BCUT2D eigenvalue weighted by Gasteiger charge is -2.27. The van der Waals surface area contributed by atoms with Gasteiger partial charge in [-0.05, 0) is 38.1 Å². The number of rotatable bonds is 3. The van der Waals surface area contributed by atoms with Crippen molar-refractivity contribution >= 4 is 39.5 Å².